The molecule has 7 N–H and O–H groups in total. The van der Waals surface area contributed by atoms with Crippen LogP contribution in [-0.2, 0) is 20.8 Å². The van der Waals surface area contributed by atoms with Crippen LogP contribution in [0.15, 0.2) is 30.5 Å². The Hall–Kier alpha value is -2.91. The van der Waals surface area contributed by atoms with Crippen molar-refractivity contribution >= 4 is 28.7 Å². The number of aliphatic hydroxyl groups excluding tert-OH is 1. The normalized spacial score (nSPS) is 15.3. The van der Waals surface area contributed by atoms with Crippen molar-refractivity contribution in [1.82, 2.24) is 15.6 Å². The molecule has 2 aromatic rings. The highest BCUT2D eigenvalue weighted by Crippen LogP contribution is 2.19. The molecule has 1 aromatic heterocycles. The van der Waals surface area contributed by atoms with Crippen LogP contribution in [0.25, 0.3) is 10.9 Å². The molecule has 0 saturated carbocycles. The number of amides is 2. The van der Waals surface area contributed by atoms with Gasteiger partial charge in [-0.25, -0.2) is 4.79 Å². The van der Waals surface area contributed by atoms with E-state index in [4.69, 9.17) is 15.9 Å². The van der Waals surface area contributed by atoms with Crippen LogP contribution in [0.3, 0.4) is 0 Å². The number of nitrogens with one attached hydrogen (secondary N) is 3. The topological polar surface area (TPSA) is 158 Å². The lowest BCUT2D eigenvalue weighted by Gasteiger charge is -2.26. The largest absolute Gasteiger partial charge is 0.480 e. The van der Waals surface area contributed by atoms with E-state index in [9.17, 15) is 14.4 Å². The van der Waals surface area contributed by atoms with E-state index in [1.54, 1.807) is 13.1 Å². The molecule has 1 heterocycles. The molecule has 0 bridgehead atoms. The van der Waals surface area contributed by atoms with Crippen LogP contribution < -0.4 is 16.4 Å². The minimum absolute atomic E-state index is 0.257. The summed E-state index contributed by atoms with van der Waals surface area (Å²) in [5.41, 5.74) is 7.90. The number of aromatic nitrogens is 1. The summed E-state index contributed by atoms with van der Waals surface area (Å²) in [4.78, 5) is 39.3. The molecule has 9 heteroatoms. The number of aromatic amines is 1. The number of nitrogens with two attached hydrogens (primary N) is 1. The Morgan fingerprint density at radius 2 is 1.86 bits per heavy atom. The Bertz CT molecular complexity index is 865. The Kier molecular flexibility index (Phi) is 7.74. The van der Waals surface area contributed by atoms with Gasteiger partial charge in [0.25, 0.3) is 0 Å². The molecule has 0 aliphatic heterocycles. The summed E-state index contributed by atoms with van der Waals surface area (Å²) in [6.45, 7) is 2.87. The smallest absolute Gasteiger partial charge is 0.328 e. The van der Waals surface area contributed by atoms with Gasteiger partial charge in [0.05, 0.1) is 12.6 Å². The predicted molar refractivity (Wildman–Crippen MR) is 108 cm³/mol. The highest BCUT2D eigenvalue weighted by Gasteiger charge is 2.30. The van der Waals surface area contributed by atoms with Gasteiger partial charge in [0.1, 0.15) is 12.1 Å². The summed E-state index contributed by atoms with van der Waals surface area (Å²) in [7, 11) is 0. The maximum atomic E-state index is 12.6. The van der Waals surface area contributed by atoms with Gasteiger partial charge in [-0.15, -0.1) is 0 Å². The molecule has 29 heavy (non-hydrogen) atoms. The van der Waals surface area contributed by atoms with Gasteiger partial charge in [-0.2, -0.15) is 0 Å². The summed E-state index contributed by atoms with van der Waals surface area (Å²) in [5.74, 6) is -2.79. The van der Waals surface area contributed by atoms with E-state index in [-0.39, 0.29) is 12.3 Å². The monoisotopic (exact) mass is 404 g/mol. The van der Waals surface area contributed by atoms with E-state index < -0.39 is 42.5 Å². The van der Waals surface area contributed by atoms with Crippen LogP contribution in [0.2, 0.25) is 0 Å². The number of aliphatic hydroxyl groups is 1. The van der Waals surface area contributed by atoms with Crippen molar-refractivity contribution in [3.05, 3.63) is 36.0 Å². The fourth-order valence-corrected chi connectivity index (χ4v) is 3.04. The van der Waals surface area contributed by atoms with Crippen LogP contribution in [0.5, 0.6) is 0 Å². The zero-order valence-electron chi connectivity index (χ0n) is 16.5. The van der Waals surface area contributed by atoms with E-state index in [2.05, 4.69) is 15.6 Å². The minimum Gasteiger partial charge on any atom is -0.480 e. The number of carbonyl (C=O) groups is 3. The maximum Gasteiger partial charge on any atom is 0.328 e. The third-order valence-corrected chi connectivity index (χ3v) is 5.04. The predicted octanol–water partition coefficient (Wildman–Crippen LogP) is 0.130. The molecule has 4 atom stereocenters. The molecular formula is C20H28N4O5. The molecular weight excluding hydrogens is 376 g/mol. The molecule has 0 aliphatic carbocycles. The summed E-state index contributed by atoms with van der Waals surface area (Å²) >= 11 is 0. The van der Waals surface area contributed by atoms with Crippen molar-refractivity contribution < 1.29 is 24.6 Å². The summed E-state index contributed by atoms with van der Waals surface area (Å²) in [5, 5.41) is 24.0. The second-order valence-electron chi connectivity index (χ2n) is 7.12. The average molecular weight is 404 g/mol. The van der Waals surface area contributed by atoms with Gasteiger partial charge in [0.15, 0.2) is 0 Å². The quantitative estimate of drug-likeness (QED) is 0.330. The number of rotatable bonds is 10. The molecule has 0 saturated heterocycles. The van der Waals surface area contributed by atoms with Gasteiger partial charge in [0, 0.05) is 17.1 Å². The van der Waals surface area contributed by atoms with E-state index in [0.717, 1.165) is 16.5 Å². The van der Waals surface area contributed by atoms with Gasteiger partial charge in [0.2, 0.25) is 11.8 Å². The van der Waals surface area contributed by atoms with E-state index >= 15 is 0 Å². The lowest BCUT2D eigenvalue weighted by Crippen LogP contribution is -2.57. The lowest BCUT2D eigenvalue weighted by molar-refractivity contribution is -0.143. The highest BCUT2D eigenvalue weighted by molar-refractivity contribution is 5.92. The summed E-state index contributed by atoms with van der Waals surface area (Å²) in [6.07, 6.45) is 2.65. The number of hydrogen-bond acceptors (Lipinski definition) is 5. The number of carboxylic acids is 1. The summed E-state index contributed by atoms with van der Waals surface area (Å²) < 4.78 is 0. The lowest BCUT2D eigenvalue weighted by atomic mass is 9.97. The number of fused-ring (bicyclic) bond motifs is 1. The number of carboxylic acid groups (broad SMARTS) is 1. The Morgan fingerprint density at radius 3 is 2.48 bits per heavy atom. The van der Waals surface area contributed by atoms with E-state index in [0.29, 0.717) is 6.42 Å². The van der Waals surface area contributed by atoms with Crippen molar-refractivity contribution in [3.8, 4) is 0 Å². The molecule has 2 rings (SSSR count). The SMILES string of the molecule is CCC(C)C(NC(=O)C(N)Cc1c[nH]c2ccccc12)C(=O)NC(CO)C(=O)O. The first-order valence-corrected chi connectivity index (χ1v) is 9.53. The Morgan fingerprint density at radius 1 is 1.17 bits per heavy atom. The number of H-pyrrole nitrogens is 1. The molecule has 0 fully saturated rings. The van der Waals surface area contributed by atoms with Crippen LogP contribution in [0, 0.1) is 5.92 Å². The van der Waals surface area contributed by atoms with Gasteiger partial charge in [-0.3, -0.25) is 9.59 Å². The van der Waals surface area contributed by atoms with Crippen molar-refractivity contribution in [1.29, 1.82) is 0 Å². The molecule has 1 aromatic carbocycles. The van der Waals surface area contributed by atoms with Gasteiger partial charge in [-0.1, -0.05) is 38.5 Å². The average Bonchev–Trinajstić information content (AvgIpc) is 3.11. The number of para-hydroxylation sites is 1. The van der Waals surface area contributed by atoms with Crippen LogP contribution >= 0.6 is 0 Å². The van der Waals surface area contributed by atoms with Gasteiger partial charge >= 0.3 is 5.97 Å². The van der Waals surface area contributed by atoms with Gasteiger partial charge in [-0.05, 0) is 24.0 Å². The molecule has 4 unspecified atom stereocenters. The van der Waals surface area contributed by atoms with Crippen molar-refractivity contribution in [3.63, 3.8) is 0 Å². The fourth-order valence-electron chi connectivity index (χ4n) is 3.04. The number of benzene rings is 1. The van der Waals surface area contributed by atoms with Crippen LogP contribution in [0.1, 0.15) is 25.8 Å². The Labute approximate surface area is 168 Å². The zero-order valence-corrected chi connectivity index (χ0v) is 16.5. The fraction of sp³-hybridized carbons (Fsp3) is 0.450. The molecule has 0 aliphatic rings. The number of aliphatic carboxylic acids is 1. The second-order valence-corrected chi connectivity index (χ2v) is 7.12. The van der Waals surface area contributed by atoms with Crippen LogP contribution in [0.4, 0.5) is 0 Å². The number of carbonyl (C=O) groups excluding carboxylic acids is 2. The maximum absolute atomic E-state index is 12.6. The standard InChI is InChI=1S/C20H28N4O5/c1-3-11(2)17(19(27)23-16(10-25)20(28)29)24-18(26)14(21)8-12-9-22-15-7-5-4-6-13(12)15/h4-7,9,11,14,16-17,22,25H,3,8,10,21H2,1-2H3,(H,23,27)(H,24,26)(H,28,29). The van der Waals surface area contributed by atoms with Crippen molar-refractivity contribution in [2.75, 3.05) is 6.61 Å². The third-order valence-electron chi connectivity index (χ3n) is 5.04. The molecule has 158 valence electrons. The molecule has 9 nitrogen and oxygen atoms in total. The third kappa shape index (κ3) is 5.55. The van der Waals surface area contributed by atoms with Gasteiger partial charge < -0.3 is 31.6 Å². The van der Waals surface area contributed by atoms with Crippen LogP contribution in [-0.4, -0.2) is 57.7 Å². The number of hydrogen-bond donors (Lipinski definition) is 6. The van der Waals surface area contributed by atoms with Crippen molar-refractivity contribution in [2.24, 2.45) is 11.7 Å². The highest BCUT2D eigenvalue weighted by atomic mass is 16.4. The molecule has 2 amide bonds. The first-order valence-electron chi connectivity index (χ1n) is 9.53. The van der Waals surface area contributed by atoms with E-state index in [1.807, 2.05) is 31.2 Å². The first-order chi connectivity index (χ1) is 13.8. The van der Waals surface area contributed by atoms with E-state index in [1.165, 1.54) is 0 Å². The van der Waals surface area contributed by atoms with Crippen molar-refractivity contribution in [2.45, 2.75) is 44.8 Å². The second kappa shape index (κ2) is 10.0. The molecule has 0 spiro atoms. The Balaban J connectivity index is 2.08. The summed E-state index contributed by atoms with van der Waals surface area (Å²) in [6, 6.07) is 4.37. The first kappa shape index (κ1) is 22.4. The minimum atomic E-state index is -1.44. The molecule has 0 radical (unpaired) electrons. The zero-order chi connectivity index (χ0) is 21.6.